The van der Waals surface area contributed by atoms with Crippen LogP contribution in [0.4, 0.5) is 10.1 Å². The number of anilines is 1. The molecule has 0 radical (unpaired) electrons. The van der Waals surface area contributed by atoms with Gasteiger partial charge >= 0.3 is 0 Å². The van der Waals surface area contributed by atoms with Gasteiger partial charge in [-0.1, -0.05) is 0 Å². The fourth-order valence-corrected chi connectivity index (χ4v) is 4.16. The number of halogens is 1. The minimum atomic E-state index is -0.221. The van der Waals surface area contributed by atoms with Gasteiger partial charge in [0, 0.05) is 49.4 Å². The summed E-state index contributed by atoms with van der Waals surface area (Å²) in [5.74, 6) is 0.560. The van der Waals surface area contributed by atoms with Crippen LogP contribution in [0.15, 0.2) is 63.9 Å². The summed E-state index contributed by atoms with van der Waals surface area (Å²) in [4.78, 5) is 16.9. The molecular weight excluding hydrogens is 377 g/mol. The minimum absolute atomic E-state index is 0.0204. The average molecular weight is 399 g/mol. The summed E-state index contributed by atoms with van der Waals surface area (Å²) in [6, 6.07) is 12.2. The number of carbonyl (C=O) groups is 1. The molecule has 1 aliphatic heterocycles. The Balaban J connectivity index is 1.40. The van der Waals surface area contributed by atoms with Gasteiger partial charge in [-0.15, -0.1) is 0 Å². The first-order valence-corrected chi connectivity index (χ1v) is 10.2. The van der Waals surface area contributed by atoms with Crippen molar-refractivity contribution in [1.29, 1.82) is 0 Å². The normalized spacial score (nSPS) is 16.1. The largest absolute Gasteiger partial charge is 0.468 e. The summed E-state index contributed by atoms with van der Waals surface area (Å²) >= 11 is 1.51. The molecule has 5 nitrogen and oxygen atoms in total. The number of nitrogens with one attached hydrogen (secondary N) is 1. The third-order valence-electron chi connectivity index (χ3n) is 5.06. The summed E-state index contributed by atoms with van der Waals surface area (Å²) in [6.45, 7) is 3.81. The summed E-state index contributed by atoms with van der Waals surface area (Å²) in [5.41, 5.74) is 1.71. The molecule has 0 saturated carbocycles. The lowest BCUT2D eigenvalue weighted by atomic mass is 10.1. The molecule has 4 rings (SSSR count). The van der Waals surface area contributed by atoms with Crippen molar-refractivity contribution in [2.24, 2.45) is 0 Å². The van der Waals surface area contributed by atoms with E-state index < -0.39 is 0 Å². The SMILES string of the molecule is O=C(NC[C@@H](c1ccco1)N1CCN(c2ccc(F)cc2)CC1)c1ccsc1. The van der Waals surface area contributed by atoms with Crippen LogP contribution in [-0.4, -0.2) is 43.5 Å². The standard InChI is InChI=1S/C21H22FN3O2S/c22-17-3-5-18(6-4-17)24-8-10-25(11-9-24)19(20-2-1-12-27-20)14-23-21(26)16-7-13-28-15-16/h1-7,12-13,15,19H,8-11,14H2,(H,23,26)/t19-/m0/s1. The van der Waals surface area contributed by atoms with Crippen molar-refractivity contribution in [1.82, 2.24) is 10.2 Å². The van der Waals surface area contributed by atoms with E-state index in [0.717, 1.165) is 37.6 Å². The predicted octanol–water partition coefficient (Wildman–Crippen LogP) is 3.77. The zero-order valence-corrected chi connectivity index (χ0v) is 16.2. The Hall–Kier alpha value is -2.64. The third-order valence-corrected chi connectivity index (χ3v) is 5.74. The molecule has 3 aromatic rings. The number of nitrogens with zero attached hydrogens (tertiary/aromatic N) is 2. The number of rotatable bonds is 6. The molecule has 1 atom stereocenters. The van der Waals surface area contributed by atoms with Crippen molar-refractivity contribution in [2.45, 2.75) is 6.04 Å². The van der Waals surface area contributed by atoms with Gasteiger partial charge in [0.1, 0.15) is 11.6 Å². The van der Waals surface area contributed by atoms with Crippen molar-refractivity contribution in [3.8, 4) is 0 Å². The van der Waals surface area contributed by atoms with E-state index in [1.165, 1.54) is 23.5 Å². The molecule has 1 aliphatic rings. The average Bonchev–Trinajstić information content (AvgIpc) is 3.44. The predicted molar refractivity (Wildman–Crippen MR) is 108 cm³/mol. The summed E-state index contributed by atoms with van der Waals surface area (Å²) in [7, 11) is 0. The Morgan fingerprint density at radius 1 is 1.14 bits per heavy atom. The number of furan rings is 1. The summed E-state index contributed by atoms with van der Waals surface area (Å²) in [5, 5.41) is 6.77. The van der Waals surface area contributed by atoms with Gasteiger partial charge in [-0.3, -0.25) is 9.69 Å². The Morgan fingerprint density at radius 2 is 1.93 bits per heavy atom. The molecule has 0 bridgehead atoms. The second-order valence-corrected chi connectivity index (χ2v) is 7.53. The van der Waals surface area contributed by atoms with Crippen molar-refractivity contribution < 1.29 is 13.6 Å². The molecule has 0 aliphatic carbocycles. The van der Waals surface area contributed by atoms with Crippen LogP contribution < -0.4 is 10.2 Å². The second kappa shape index (κ2) is 8.58. The highest BCUT2D eigenvalue weighted by Gasteiger charge is 2.27. The molecule has 2 aromatic heterocycles. The molecule has 0 spiro atoms. The number of hydrogen-bond acceptors (Lipinski definition) is 5. The molecule has 1 fully saturated rings. The molecule has 1 N–H and O–H groups in total. The number of hydrogen-bond donors (Lipinski definition) is 1. The van der Waals surface area contributed by atoms with Crippen LogP contribution >= 0.6 is 11.3 Å². The quantitative estimate of drug-likeness (QED) is 0.686. The Kier molecular flexibility index (Phi) is 5.73. The maximum Gasteiger partial charge on any atom is 0.252 e. The van der Waals surface area contributed by atoms with E-state index in [-0.39, 0.29) is 17.8 Å². The minimum Gasteiger partial charge on any atom is -0.468 e. The monoisotopic (exact) mass is 399 g/mol. The van der Waals surface area contributed by atoms with E-state index in [4.69, 9.17) is 4.42 Å². The molecule has 1 amide bonds. The number of carbonyl (C=O) groups excluding carboxylic acids is 1. The van der Waals surface area contributed by atoms with Crippen molar-refractivity contribution >= 4 is 22.9 Å². The lowest BCUT2D eigenvalue weighted by Crippen LogP contribution is -2.49. The van der Waals surface area contributed by atoms with Gasteiger partial charge in [0.05, 0.1) is 12.3 Å². The third kappa shape index (κ3) is 4.26. The summed E-state index contributed by atoms with van der Waals surface area (Å²) < 4.78 is 18.8. The highest BCUT2D eigenvalue weighted by Crippen LogP contribution is 2.24. The fourth-order valence-electron chi connectivity index (χ4n) is 3.52. The molecular formula is C21H22FN3O2S. The first kappa shape index (κ1) is 18.7. The zero-order chi connectivity index (χ0) is 19.3. The van der Waals surface area contributed by atoms with Crippen molar-refractivity contribution in [2.75, 3.05) is 37.6 Å². The van der Waals surface area contributed by atoms with E-state index in [1.807, 2.05) is 41.1 Å². The molecule has 28 heavy (non-hydrogen) atoms. The van der Waals surface area contributed by atoms with Crippen LogP contribution in [0.2, 0.25) is 0 Å². The molecule has 3 heterocycles. The van der Waals surface area contributed by atoms with Gasteiger partial charge in [-0.2, -0.15) is 11.3 Å². The maximum absolute atomic E-state index is 13.2. The zero-order valence-electron chi connectivity index (χ0n) is 15.4. The van der Waals surface area contributed by atoms with Crippen molar-refractivity contribution in [3.63, 3.8) is 0 Å². The van der Waals surface area contributed by atoms with E-state index in [1.54, 1.807) is 6.26 Å². The highest BCUT2D eigenvalue weighted by atomic mass is 32.1. The van der Waals surface area contributed by atoms with Crippen LogP contribution in [0.25, 0.3) is 0 Å². The Morgan fingerprint density at radius 3 is 2.57 bits per heavy atom. The van der Waals surface area contributed by atoms with E-state index in [9.17, 15) is 9.18 Å². The lowest BCUT2D eigenvalue weighted by molar-refractivity contribution is 0.0923. The van der Waals surface area contributed by atoms with E-state index in [2.05, 4.69) is 15.1 Å². The van der Waals surface area contributed by atoms with Gasteiger partial charge in [-0.25, -0.2) is 4.39 Å². The topological polar surface area (TPSA) is 48.7 Å². The highest BCUT2D eigenvalue weighted by molar-refractivity contribution is 7.08. The smallest absolute Gasteiger partial charge is 0.252 e. The molecule has 7 heteroatoms. The number of benzene rings is 1. The van der Waals surface area contributed by atoms with Gasteiger partial charge < -0.3 is 14.6 Å². The molecule has 146 valence electrons. The van der Waals surface area contributed by atoms with E-state index >= 15 is 0 Å². The van der Waals surface area contributed by atoms with E-state index in [0.29, 0.717) is 12.1 Å². The molecule has 1 aromatic carbocycles. The summed E-state index contributed by atoms with van der Waals surface area (Å²) in [6.07, 6.45) is 1.66. The van der Waals surface area contributed by atoms with Crippen LogP contribution in [-0.2, 0) is 0 Å². The van der Waals surface area contributed by atoms with Gasteiger partial charge in [0.2, 0.25) is 0 Å². The van der Waals surface area contributed by atoms with Gasteiger partial charge in [-0.05, 0) is 47.8 Å². The number of thiophene rings is 1. The maximum atomic E-state index is 13.2. The van der Waals surface area contributed by atoms with Crippen LogP contribution in [0, 0.1) is 5.82 Å². The van der Waals surface area contributed by atoms with Crippen LogP contribution in [0.3, 0.4) is 0 Å². The van der Waals surface area contributed by atoms with Crippen molar-refractivity contribution in [3.05, 3.63) is 76.6 Å². The molecule has 0 unspecified atom stereocenters. The first-order valence-electron chi connectivity index (χ1n) is 9.29. The molecule has 1 saturated heterocycles. The fraction of sp³-hybridized carbons (Fsp3) is 0.286. The first-order chi connectivity index (χ1) is 13.7. The number of amides is 1. The number of piperazine rings is 1. The van der Waals surface area contributed by atoms with Crippen LogP contribution in [0.5, 0.6) is 0 Å². The second-order valence-electron chi connectivity index (χ2n) is 6.75. The lowest BCUT2D eigenvalue weighted by Gasteiger charge is -2.39. The Bertz CT molecular complexity index is 873. The van der Waals surface area contributed by atoms with Crippen LogP contribution in [0.1, 0.15) is 22.2 Å². The van der Waals surface area contributed by atoms with Gasteiger partial charge in [0.15, 0.2) is 0 Å². The van der Waals surface area contributed by atoms with Gasteiger partial charge in [0.25, 0.3) is 5.91 Å². The Labute approximate surface area is 167 Å².